The molecule has 1 aliphatic rings. The van der Waals surface area contributed by atoms with Crippen LogP contribution >= 0.6 is 11.6 Å². The highest BCUT2D eigenvalue weighted by atomic mass is 35.5. The van der Waals surface area contributed by atoms with Gasteiger partial charge in [0, 0.05) is 27.5 Å². The van der Waals surface area contributed by atoms with Crippen molar-refractivity contribution < 1.29 is 13.9 Å². The minimum absolute atomic E-state index is 0.161. The Balaban J connectivity index is 1.78. The summed E-state index contributed by atoms with van der Waals surface area (Å²) in [6.07, 6.45) is 0. The van der Waals surface area contributed by atoms with Crippen LogP contribution in [0.1, 0.15) is 21.6 Å². The summed E-state index contributed by atoms with van der Waals surface area (Å²) in [6, 6.07) is 12.9. The average Bonchev–Trinajstić information content (AvgIpc) is 3.19. The Morgan fingerprint density at radius 2 is 1.96 bits per heavy atom. The van der Waals surface area contributed by atoms with E-state index in [1.54, 1.807) is 4.68 Å². The van der Waals surface area contributed by atoms with E-state index in [2.05, 4.69) is 10.4 Å². The Bertz CT molecular complexity index is 1130. The molecule has 28 heavy (non-hydrogen) atoms. The Kier molecular flexibility index (Phi) is 4.70. The van der Waals surface area contributed by atoms with Crippen LogP contribution in [0.2, 0.25) is 5.02 Å². The van der Waals surface area contributed by atoms with Crippen LogP contribution in [0.5, 0.6) is 0 Å². The van der Waals surface area contributed by atoms with E-state index < -0.39 is 21.6 Å². The molecule has 1 aromatic heterocycles. The van der Waals surface area contributed by atoms with Gasteiger partial charge in [-0.2, -0.15) is 5.10 Å². The van der Waals surface area contributed by atoms with Gasteiger partial charge in [-0.1, -0.05) is 29.8 Å². The van der Waals surface area contributed by atoms with Crippen LogP contribution in [0.15, 0.2) is 48.5 Å². The number of anilines is 1. The zero-order chi connectivity index (χ0) is 19.8. The van der Waals surface area contributed by atoms with Crippen molar-refractivity contribution in [2.24, 2.45) is 0 Å². The number of benzene rings is 2. The summed E-state index contributed by atoms with van der Waals surface area (Å²) in [4.78, 5) is 23.5. The predicted molar refractivity (Wildman–Crippen MR) is 105 cm³/mol. The molecular formula is C18H13ClN4O4S. The Hall–Kier alpha value is -3.04. The maximum atomic E-state index is 12.9. The second-order valence-corrected chi connectivity index (χ2v) is 8.02. The van der Waals surface area contributed by atoms with Crippen LogP contribution in [0.25, 0.3) is 5.69 Å². The van der Waals surface area contributed by atoms with E-state index >= 15 is 0 Å². The fourth-order valence-electron chi connectivity index (χ4n) is 3.04. The molecule has 4 rings (SSSR count). The highest BCUT2D eigenvalue weighted by Gasteiger charge is 2.30. The van der Waals surface area contributed by atoms with E-state index in [0.717, 1.165) is 0 Å². The molecule has 2 aromatic carbocycles. The molecule has 0 spiro atoms. The first kappa shape index (κ1) is 18.3. The topological polar surface area (TPSA) is 107 Å². The maximum Gasteiger partial charge on any atom is 0.282 e. The summed E-state index contributed by atoms with van der Waals surface area (Å²) < 4.78 is 13.5. The first-order valence-corrected chi connectivity index (χ1v) is 10.1. The van der Waals surface area contributed by atoms with E-state index in [1.165, 1.54) is 18.2 Å². The van der Waals surface area contributed by atoms with Crippen molar-refractivity contribution in [3.05, 3.63) is 80.5 Å². The number of nitro benzene ring substituents is 1. The molecule has 1 N–H and O–H groups in total. The highest BCUT2D eigenvalue weighted by Crippen LogP contribution is 2.32. The van der Waals surface area contributed by atoms with E-state index in [9.17, 15) is 19.1 Å². The summed E-state index contributed by atoms with van der Waals surface area (Å²) in [5.74, 6) is 0.225. The number of amides is 1. The fraction of sp³-hybridized carbons (Fsp3) is 0.111. The lowest BCUT2D eigenvalue weighted by molar-refractivity contribution is -0.385. The average molecular weight is 417 g/mol. The van der Waals surface area contributed by atoms with Gasteiger partial charge in [0.2, 0.25) is 0 Å². The number of carbonyl (C=O) groups excluding carboxylic acids is 1. The van der Waals surface area contributed by atoms with E-state index in [-0.39, 0.29) is 22.0 Å². The minimum Gasteiger partial charge on any atom is -0.306 e. The van der Waals surface area contributed by atoms with Gasteiger partial charge in [-0.05, 0) is 24.3 Å². The lowest BCUT2D eigenvalue weighted by Crippen LogP contribution is -2.18. The second kappa shape index (κ2) is 7.17. The van der Waals surface area contributed by atoms with E-state index in [4.69, 9.17) is 11.6 Å². The van der Waals surface area contributed by atoms with Gasteiger partial charge < -0.3 is 5.32 Å². The molecular weight excluding hydrogens is 404 g/mol. The smallest absolute Gasteiger partial charge is 0.282 e. The maximum absolute atomic E-state index is 12.9. The van der Waals surface area contributed by atoms with Crippen molar-refractivity contribution in [3.63, 3.8) is 0 Å². The van der Waals surface area contributed by atoms with Crippen molar-refractivity contribution in [2.75, 3.05) is 5.32 Å². The lowest BCUT2D eigenvalue weighted by Gasteiger charge is -2.11. The third-order valence-electron chi connectivity index (χ3n) is 4.30. The van der Waals surface area contributed by atoms with Crippen molar-refractivity contribution in [1.29, 1.82) is 0 Å². The fourth-order valence-corrected chi connectivity index (χ4v) is 4.47. The summed E-state index contributed by atoms with van der Waals surface area (Å²) >= 11 is 5.93. The summed E-state index contributed by atoms with van der Waals surface area (Å²) in [5, 5.41) is 18.7. The van der Waals surface area contributed by atoms with Gasteiger partial charge in [0.05, 0.1) is 27.8 Å². The van der Waals surface area contributed by atoms with Gasteiger partial charge in [-0.15, -0.1) is 0 Å². The molecule has 1 unspecified atom stereocenters. The normalized spacial score (nSPS) is 15.2. The van der Waals surface area contributed by atoms with Crippen LogP contribution in [0, 0.1) is 10.1 Å². The van der Waals surface area contributed by atoms with Crippen molar-refractivity contribution >= 4 is 39.8 Å². The van der Waals surface area contributed by atoms with Gasteiger partial charge in [0.25, 0.3) is 11.6 Å². The molecule has 1 atom stereocenters. The van der Waals surface area contributed by atoms with Crippen molar-refractivity contribution in [3.8, 4) is 5.69 Å². The Morgan fingerprint density at radius 1 is 1.21 bits per heavy atom. The summed E-state index contributed by atoms with van der Waals surface area (Å²) in [7, 11) is -1.09. The van der Waals surface area contributed by atoms with Crippen molar-refractivity contribution in [2.45, 2.75) is 11.5 Å². The predicted octanol–water partition coefficient (Wildman–Crippen LogP) is 3.45. The molecule has 10 heteroatoms. The molecule has 0 radical (unpaired) electrons. The summed E-state index contributed by atoms with van der Waals surface area (Å²) in [5.41, 5.74) is 1.50. The highest BCUT2D eigenvalue weighted by molar-refractivity contribution is 7.83. The number of nitro groups is 1. The number of para-hydroxylation sites is 1. The SMILES string of the molecule is O=C(Nc1c2c(nn1-c1ccccc1)CS(=O)C2)c1cc(Cl)ccc1[N+](=O)[O-]. The Labute approximate surface area is 166 Å². The molecule has 0 saturated carbocycles. The summed E-state index contributed by atoms with van der Waals surface area (Å²) in [6.45, 7) is 0. The molecule has 0 aliphatic carbocycles. The molecule has 0 bridgehead atoms. The van der Waals surface area contributed by atoms with Gasteiger partial charge in [0.1, 0.15) is 11.4 Å². The molecule has 0 fully saturated rings. The number of carbonyl (C=O) groups is 1. The van der Waals surface area contributed by atoms with E-state index in [0.29, 0.717) is 28.5 Å². The van der Waals surface area contributed by atoms with Crippen LogP contribution in [0.4, 0.5) is 11.5 Å². The molecule has 0 saturated heterocycles. The number of aromatic nitrogens is 2. The first-order chi connectivity index (χ1) is 13.4. The van der Waals surface area contributed by atoms with Gasteiger partial charge in [0.15, 0.2) is 0 Å². The van der Waals surface area contributed by atoms with Crippen LogP contribution in [0.3, 0.4) is 0 Å². The quantitative estimate of drug-likeness (QED) is 0.517. The van der Waals surface area contributed by atoms with Crippen LogP contribution in [-0.2, 0) is 22.3 Å². The Morgan fingerprint density at radius 3 is 2.68 bits per heavy atom. The van der Waals surface area contributed by atoms with E-state index in [1.807, 2.05) is 30.3 Å². The van der Waals surface area contributed by atoms with Crippen LogP contribution < -0.4 is 5.32 Å². The number of fused-ring (bicyclic) bond motifs is 1. The number of nitrogens with one attached hydrogen (secondary N) is 1. The lowest BCUT2D eigenvalue weighted by atomic mass is 10.1. The van der Waals surface area contributed by atoms with Crippen LogP contribution in [-0.4, -0.2) is 24.8 Å². The van der Waals surface area contributed by atoms with Crippen molar-refractivity contribution in [1.82, 2.24) is 9.78 Å². The van der Waals surface area contributed by atoms with Gasteiger partial charge in [-0.25, -0.2) is 4.68 Å². The van der Waals surface area contributed by atoms with Gasteiger partial charge in [-0.3, -0.25) is 19.1 Å². The molecule has 142 valence electrons. The second-order valence-electron chi connectivity index (χ2n) is 6.12. The molecule has 8 nitrogen and oxygen atoms in total. The third kappa shape index (κ3) is 3.30. The standard InChI is InChI=1S/C18H13ClN4O4S/c19-11-6-7-16(23(25)26)13(8-11)18(24)20-17-14-9-28(27)10-15(14)21-22(17)12-4-2-1-3-5-12/h1-8H,9-10H2,(H,20,24). The molecule has 3 aromatic rings. The number of rotatable bonds is 4. The number of hydrogen-bond donors (Lipinski definition) is 1. The zero-order valence-corrected chi connectivity index (χ0v) is 15.9. The molecule has 2 heterocycles. The first-order valence-electron chi connectivity index (χ1n) is 8.20. The monoisotopic (exact) mass is 416 g/mol. The third-order valence-corrected chi connectivity index (χ3v) is 5.74. The van der Waals surface area contributed by atoms with Gasteiger partial charge >= 0.3 is 0 Å². The minimum atomic E-state index is -1.09. The number of halogens is 1. The number of nitrogens with zero attached hydrogens (tertiary/aromatic N) is 3. The largest absolute Gasteiger partial charge is 0.306 e. The zero-order valence-electron chi connectivity index (χ0n) is 14.3. The number of hydrogen-bond acceptors (Lipinski definition) is 5. The molecule has 1 aliphatic heterocycles. The molecule has 1 amide bonds.